The summed E-state index contributed by atoms with van der Waals surface area (Å²) in [5, 5.41) is 14.1. The van der Waals surface area contributed by atoms with Gasteiger partial charge in [-0.3, -0.25) is 0 Å². The van der Waals surface area contributed by atoms with Crippen molar-refractivity contribution in [1.29, 1.82) is 0 Å². The van der Waals surface area contributed by atoms with Crippen LogP contribution < -0.4 is 0 Å². The van der Waals surface area contributed by atoms with Crippen LogP contribution in [0.4, 0.5) is 0 Å². The Labute approximate surface area is 310 Å². The maximum Gasteiger partial charge on any atom is 0.143 e. The minimum atomic E-state index is 0.865. The predicted molar refractivity (Wildman–Crippen MR) is 227 cm³/mol. The van der Waals surface area contributed by atoms with Crippen molar-refractivity contribution in [3.05, 3.63) is 182 Å². The molecule has 0 radical (unpaired) electrons. The van der Waals surface area contributed by atoms with E-state index in [2.05, 4.69) is 170 Å². The minimum Gasteiger partial charge on any atom is -0.456 e. The molecule has 10 aromatic carbocycles. The smallest absolute Gasteiger partial charge is 0.143 e. The lowest BCUT2D eigenvalue weighted by atomic mass is 9.85. The molecule has 250 valence electrons. The molecule has 2 nitrogen and oxygen atoms in total. The Morgan fingerprint density at radius 2 is 0.796 bits per heavy atom. The summed E-state index contributed by atoms with van der Waals surface area (Å²) in [4.78, 5) is 0. The van der Waals surface area contributed by atoms with E-state index in [9.17, 15) is 0 Å². The van der Waals surface area contributed by atoms with Crippen molar-refractivity contribution >= 4 is 87.0 Å². The van der Waals surface area contributed by atoms with Gasteiger partial charge < -0.3 is 8.83 Å². The Bertz CT molecular complexity index is 3450. The lowest BCUT2D eigenvalue weighted by Crippen LogP contribution is -1.91. The van der Waals surface area contributed by atoms with Gasteiger partial charge in [0.25, 0.3) is 0 Å². The lowest BCUT2D eigenvalue weighted by Gasteiger charge is -2.18. The minimum absolute atomic E-state index is 0.865. The molecule has 0 amide bonds. The van der Waals surface area contributed by atoms with Crippen molar-refractivity contribution in [2.24, 2.45) is 0 Å². The van der Waals surface area contributed by atoms with E-state index in [4.69, 9.17) is 8.83 Å². The first-order valence-electron chi connectivity index (χ1n) is 18.5. The van der Waals surface area contributed by atoms with Gasteiger partial charge in [0.1, 0.15) is 22.3 Å². The number of para-hydroxylation sites is 1. The molecule has 54 heavy (non-hydrogen) atoms. The third-order valence-electron chi connectivity index (χ3n) is 11.4. The second-order valence-electron chi connectivity index (χ2n) is 14.4. The van der Waals surface area contributed by atoms with Gasteiger partial charge in [-0.2, -0.15) is 0 Å². The van der Waals surface area contributed by atoms with Crippen LogP contribution >= 0.6 is 0 Å². The quantitative estimate of drug-likeness (QED) is 0.173. The molecule has 2 aromatic heterocycles. The molecule has 0 atom stereocenters. The van der Waals surface area contributed by atoms with E-state index in [1.165, 1.54) is 60.1 Å². The standard InChI is InChI=1S/C52H30O2/c1-2-13-32-26-35(25-24-31(32)12-1)51-40-20-6-4-18-38(40)50(39-19-5-7-21-41(39)51)34-15-11-14-33(27-34)43-28-46-45-30-48-44(37-17-9-10-23-47(37)53-48)29-49(45)54-52(46)42-22-8-3-16-36(42)43/h1-30H. The van der Waals surface area contributed by atoms with E-state index in [1.807, 2.05) is 12.1 Å². The first-order valence-corrected chi connectivity index (χ1v) is 18.5. The highest BCUT2D eigenvalue weighted by Crippen LogP contribution is 2.46. The highest BCUT2D eigenvalue weighted by Gasteiger charge is 2.20. The second kappa shape index (κ2) is 11.2. The van der Waals surface area contributed by atoms with Crippen LogP contribution in [0, 0.1) is 0 Å². The summed E-state index contributed by atoms with van der Waals surface area (Å²) in [5.74, 6) is 0. The number of hydrogen-bond donors (Lipinski definition) is 0. The summed E-state index contributed by atoms with van der Waals surface area (Å²) >= 11 is 0. The zero-order valence-corrected chi connectivity index (χ0v) is 29.1. The van der Waals surface area contributed by atoms with Crippen LogP contribution in [-0.4, -0.2) is 0 Å². The van der Waals surface area contributed by atoms with Gasteiger partial charge in [-0.05, 0) is 107 Å². The Morgan fingerprint density at radius 3 is 1.52 bits per heavy atom. The van der Waals surface area contributed by atoms with Gasteiger partial charge >= 0.3 is 0 Å². The van der Waals surface area contributed by atoms with Crippen LogP contribution in [0.25, 0.3) is 120 Å². The number of furan rings is 2. The van der Waals surface area contributed by atoms with Gasteiger partial charge in [0, 0.05) is 26.9 Å². The third-order valence-corrected chi connectivity index (χ3v) is 11.4. The molecular formula is C52H30O2. The van der Waals surface area contributed by atoms with Crippen LogP contribution in [-0.2, 0) is 0 Å². The molecule has 0 spiro atoms. The molecule has 0 aliphatic carbocycles. The Kier molecular flexibility index (Phi) is 6.09. The maximum atomic E-state index is 6.70. The zero-order chi connectivity index (χ0) is 35.3. The first-order chi connectivity index (χ1) is 26.8. The first kappa shape index (κ1) is 29.4. The van der Waals surface area contributed by atoms with Gasteiger partial charge in [0.2, 0.25) is 0 Å². The van der Waals surface area contributed by atoms with Crippen molar-refractivity contribution < 1.29 is 8.83 Å². The maximum absolute atomic E-state index is 6.70. The normalized spacial score (nSPS) is 12.1. The molecule has 0 fully saturated rings. The summed E-state index contributed by atoms with van der Waals surface area (Å²) in [7, 11) is 0. The van der Waals surface area contributed by atoms with Gasteiger partial charge in [-0.25, -0.2) is 0 Å². The predicted octanol–water partition coefficient (Wildman–Crippen LogP) is 15.1. The van der Waals surface area contributed by atoms with Crippen LogP contribution in [0.2, 0.25) is 0 Å². The zero-order valence-electron chi connectivity index (χ0n) is 29.1. The van der Waals surface area contributed by atoms with Gasteiger partial charge in [0.15, 0.2) is 0 Å². The summed E-state index contributed by atoms with van der Waals surface area (Å²) in [6.07, 6.45) is 0. The monoisotopic (exact) mass is 686 g/mol. The molecule has 0 saturated heterocycles. The SMILES string of the molecule is c1cc(-c2c3ccccc3c(-c3ccc4ccccc4c3)c3ccccc23)cc(-c2cc3c4cc5oc6ccccc6c5cc4oc3c3ccccc23)c1. The molecule has 12 aromatic rings. The molecule has 0 bridgehead atoms. The topological polar surface area (TPSA) is 26.3 Å². The summed E-state index contributed by atoms with van der Waals surface area (Å²) in [6.45, 7) is 0. The van der Waals surface area contributed by atoms with Crippen molar-refractivity contribution in [3.8, 4) is 33.4 Å². The van der Waals surface area contributed by atoms with E-state index in [1.54, 1.807) is 0 Å². The largest absolute Gasteiger partial charge is 0.456 e. The van der Waals surface area contributed by atoms with Gasteiger partial charge in [-0.15, -0.1) is 0 Å². The number of fused-ring (bicyclic) bond motifs is 11. The average Bonchev–Trinajstić information content (AvgIpc) is 3.78. The molecule has 2 heteroatoms. The summed E-state index contributed by atoms with van der Waals surface area (Å²) in [6, 6.07) is 65.8. The van der Waals surface area contributed by atoms with Crippen LogP contribution in [0.15, 0.2) is 191 Å². The second-order valence-corrected chi connectivity index (χ2v) is 14.4. The van der Waals surface area contributed by atoms with Crippen LogP contribution in [0.1, 0.15) is 0 Å². The number of rotatable bonds is 3. The van der Waals surface area contributed by atoms with Crippen molar-refractivity contribution in [3.63, 3.8) is 0 Å². The highest BCUT2D eigenvalue weighted by atomic mass is 16.3. The van der Waals surface area contributed by atoms with Crippen LogP contribution in [0.3, 0.4) is 0 Å². The van der Waals surface area contributed by atoms with Crippen molar-refractivity contribution in [1.82, 2.24) is 0 Å². The van der Waals surface area contributed by atoms with Crippen LogP contribution in [0.5, 0.6) is 0 Å². The molecule has 2 heterocycles. The molecule has 0 unspecified atom stereocenters. The summed E-state index contributed by atoms with van der Waals surface area (Å²) < 4.78 is 13.0. The van der Waals surface area contributed by atoms with E-state index in [-0.39, 0.29) is 0 Å². The number of hydrogen-bond acceptors (Lipinski definition) is 2. The fourth-order valence-corrected chi connectivity index (χ4v) is 8.99. The Morgan fingerprint density at radius 1 is 0.259 bits per heavy atom. The molecule has 12 rings (SSSR count). The fraction of sp³-hybridized carbons (Fsp3) is 0. The fourth-order valence-electron chi connectivity index (χ4n) is 8.99. The van der Waals surface area contributed by atoms with Gasteiger partial charge in [-0.1, -0.05) is 146 Å². The average molecular weight is 687 g/mol. The van der Waals surface area contributed by atoms with Crippen molar-refractivity contribution in [2.45, 2.75) is 0 Å². The number of benzene rings is 10. The van der Waals surface area contributed by atoms with E-state index in [0.717, 1.165) is 60.2 Å². The molecular weight excluding hydrogens is 657 g/mol. The van der Waals surface area contributed by atoms with E-state index >= 15 is 0 Å². The Hall–Kier alpha value is -7.16. The molecule has 0 N–H and O–H groups in total. The van der Waals surface area contributed by atoms with Crippen molar-refractivity contribution in [2.75, 3.05) is 0 Å². The summed E-state index contributed by atoms with van der Waals surface area (Å²) in [5.41, 5.74) is 10.8. The van der Waals surface area contributed by atoms with Gasteiger partial charge in [0.05, 0.1) is 0 Å². The highest BCUT2D eigenvalue weighted by molar-refractivity contribution is 6.24. The lowest BCUT2D eigenvalue weighted by molar-refractivity contribution is 0.665. The van der Waals surface area contributed by atoms with E-state index < -0.39 is 0 Å². The molecule has 0 aliphatic rings. The molecule has 0 saturated carbocycles. The Balaban J connectivity index is 1.10. The van der Waals surface area contributed by atoms with E-state index in [0.29, 0.717) is 0 Å². The third kappa shape index (κ3) is 4.22. The molecule has 0 aliphatic heterocycles.